The Morgan fingerprint density at radius 2 is 1.79 bits per heavy atom. The van der Waals surface area contributed by atoms with Crippen molar-refractivity contribution in [2.75, 3.05) is 31.6 Å². The van der Waals surface area contributed by atoms with Gasteiger partial charge in [-0.2, -0.15) is 0 Å². The van der Waals surface area contributed by atoms with Gasteiger partial charge in [0.05, 0.1) is 13.2 Å². The number of morpholine rings is 1. The molecule has 0 unspecified atom stereocenters. The first-order chi connectivity index (χ1) is 13.7. The molecule has 0 aliphatic carbocycles. The molecule has 28 heavy (non-hydrogen) atoms. The van der Waals surface area contributed by atoms with E-state index >= 15 is 0 Å². The summed E-state index contributed by atoms with van der Waals surface area (Å²) in [6.45, 7) is 2.19. The number of halogens is 1. The third-order valence-electron chi connectivity index (χ3n) is 4.37. The molecule has 0 spiro atoms. The van der Waals surface area contributed by atoms with Crippen LogP contribution >= 0.6 is 11.6 Å². The minimum atomic E-state index is -0.128. The quantitative estimate of drug-likeness (QED) is 0.724. The number of benzene rings is 2. The monoisotopic (exact) mass is 394 g/mol. The van der Waals surface area contributed by atoms with Gasteiger partial charge in [0, 0.05) is 35.4 Å². The molecule has 1 aliphatic heterocycles. The lowest BCUT2D eigenvalue weighted by Crippen LogP contribution is -2.41. The molecule has 2 heterocycles. The first-order valence-electron chi connectivity index (χ1n) is 9.03. The molecule has 1 fully saturated rings. The zero-order valence-corrected chi connectivity index (χ0v) is 15.9. The predicted octanol–water partition coefficient (Wildman–Crippen LogP) is 4.01. The summed E-state index contributed by atoms with van der Waals surface area (Å²) in [7, 11) is 0. The molecule has 1 aliphatic rings. The van der Waals surface area contributed by atoms with Crippen molar-refractivity contribution in [1.29, 1.82) is 0 Å². The van der Waals surface area contributed by atoms with E-state index in [9.17, 15) is 4.79 Å². The molecule has 1 saturated heterocycles. The zero-order chi connectivity index (χ0) is 19.3. The van der Waals surface area contributed by atoms with Crippen molar-refractivity contribution in [2.24, 2.45) is 0 Å². The summed E-state index contributed by atoms with van der Waals surface area (Å²) >= 11 is 6.08. The third kappa shape index (κ3) is 4.30. The maximum atomic E-state index is 13.0. The minimum absolute atomic E-state index is 0.128. The highest BCUT2D eigenvalue weighted by atomic mass is 35.5. The van der Waals surface area contributed by atoms with E-state index < -0.39 is 0 Å². The molecule has 0 bridgehead atoms. The predicted molar refractivity (Wildman–Crippen MR) is 109 cm³/mol. The van der Waals surface area contributed by atoms with Crippen LogP contribution in [-0.2, 0) is 4.74 Å². The molecule has 1 aromatic heterocycles. The number of amides is 1. The summed E-state index contributed by atoms with van der Waals surface area (Å²) in [5.41, 5.74) is 1.98. The van der Waals surface area contributed by atoms with Gasteiger partial charge in [-0.3, -0.25) is 4.79 Å². The molecule has 7 heteroatoms. The van der Waals surface area contributed by atoms with Crippen molar-refractivity contribution in [2.45, 2.75) is 0 Å². The van der Waals surface area contributed by atoms with E-state index in [2.05, 4.69) is 15.3 Å². The summed E-state index contributed by atoms with van der Waals surface area (Å²) in [4.78, 5) is 23.9. The second-order valence-corrected chi connectivity index (χ2v) is 6.80. The number of rotatable bonds is 4. The fourth-order valence-electron chi connectivity index (χ4n) is 2.98. The Bertz CT molecular complexity index is 975. The first kappa shape index (κ1) is 18.4. The molecule has 1 N–H and O–H groups in total. The van der Waals surface area contributed by atoms with Crippen molar-refractivity contribution >= 4 is 29.0 Å². The highest BCUT2D eigenvalue weighted by Crippen LogP contribution is 2.23. The number of hydrogen-bond acceptors (Lipinski definition) is 5. The molecule has 0 atom stereocenters. The Kier molecular flexibility index (Phi) is 5.50. The maximum Gasteiger partial charge on any atom is 0.272 e. The molecular formula is C21H19ClN4O2. The second-order valence-electron chi connectivity index (χ2n) is 6.37. The molecule has 0 saturated carbocycles. The highest BCUT2D eigenvalue weighted by Gasteiger charge is 2.21. The lowest BCUT2D eigenvalue weighted by Gasteiger charge is -2.26. The van der Waals surface area contributed by atoms with Gasteiger partial charge in [0.1, 0.15) is 11.5 Å². The summed E-state index contributed by atoms with van der Waals surface area (Å²) in [5.74, 6) is 0.897. The first-order valence-corrected chi connectivity index (χ1v) is 9.41. The zero-order valence-electron chi connectivity index (χ0n) is 15.1. The van der Waals surface area contributed by atoms with Crippen LogP contribution in [0.15, 0.2) is 60.7 Å². The Labute approximate surface area is 168 Å². The highest BCUT2D eigenvalue weighted by molar-refractivity contribution is 6.30. The Hall–Kier alpha value is -2.96. The molecular weight excluding hydrogens is 376 g/mol. The lowest BCUT2D eigenvalue weighted by atomic mass is 10.2. The van der Waals surface area contributed by atoms with Crippen LogP contribution in [0.4, 0.5) is 11.5 Å². The van der Waals surface area contributed by atoms with Crippen LogP contribution in [0, 0.1) is 0 Å². The van der Waals surface area contributed by atoms with Gasteiger partial charge in [0.2, 0.25) is 0 Å². The van der Waals surface area contributed by atoms with Crippen LogP contribution < -0.4 is 5.32 Å². The Morgan fingerprint density at radius 3 is 2.54 bits per heavy atom. The molecule has 2 aromatic carbocycles. The summed E-state index contributed by atoms with van der Waals surface area (Å²) in [5, 5.41) is 3.84. The number of carbonyl (C=O) groups is 1. The molecule has 1 amide bonds. The Balaban J connectivity index is 1.71. The van der Waals surface area contributed by atoms with Gasteiger partial charge in [-0.1, -0.05) is 48.0 Å². The van der Waals surface area contributed by atoms with E-state index in [4.69, 9.17) is 16.3 Å². The molecule has 3 aromatic rings. The van der Waals surface area contributed by atoms with Gasteiger partial charge in [-0.15, -0.1) is 0 Å². The fourth-order valence-corrected chi connectivity index (χ4v) is 3.17. The second kappa shape index (κ2) is 8.37. The van der Waals surface area contributed by atoms with Crippen LogP contribution in [0.25, 0.3) is 11.4 Å². The standard InChI is InChI=1S/C21H19ClN4O2/c22-16-7-4-8-17(13-16)23-19-14-18(21(27)26-9-11-28-12-10-26)24-20(25-19)15-5-2-1-3-6-15/h1-8,13-14H,9-12H2,(H,23,24,25). The normalized spacial score (nSPS) is 14.0. The Morgan fingerprint density at radius 1 is 1.00 bits per heavy atom. The van der Waals surface area contributed by atoms with Gasteiger partial charge in [0.25, 0.3) is 5.91 Å². The number of nitrogens with zero attached hydrogens (tertiary/aromatic N) is 3. The number of nitrogens with one attached hydrogen (secondary N) is 1. The van der Waals surface area contributed by atoms with E-state index in [1.807, 2.05) is 42.5 Å². The van der Waals surface area contributed by atoms with Crippen LogP contribution in [0.3, 0.4) is 0 Å². The number of anilines is 2. The van der Waals surface area contributed by atoms with Crippen LogP contribution in [0.2, 0.25) is 5.02 Å². The third-order valence-corrected chi connectivity index (χ3v) is 4.61. The van der Waals surface area contributed by atoms with Gasteiger partial charge in [-0.05, 0) is 18.2 Å². The average Bonchev–Trinajstić information content (AvgIpc) is 2.74. The smallest absolute Gasteiger partial charge is 0.272 e. The van der Waals surface area contributed by atoms with Gasteiger partial charge in [-0.25, -0.2) is 9.97 Å². The van der Waals surface area contributed by atoms with Gasteiger partial charge < -0.3 is 15.0 Å². The van der Waals surface area contributed by atoms with Crippen molar-refractivity contribution in [1.82, 2.24) is 14.9 Å². The number of ether oxygens (including phenoxy) is 1. The number of hydrogen-bond donors (Lipinski definition) is 1. The van der Waals surface area contributed by atoms with Crippen LogP contribution in [0.1, 0.15) is 10.5 Å². The van der Waals surface area contributed by atoms with E-state index in [1.165, 1.54) is 0 Å². The van der Waals surface area contributed by atoms with Gasteiger partial charge >= 0.3 is 0 Å². The van der Waals surface area contributed by atoms with Crippen LogP contribution in [-0.4, -0.2) is 47.1 Å². The van der Waals surface area contributed by atoms with E-state index in [1.54, 1.807) is 23.1 Å². The minimum Gasteiger partial charge on any atom is -0.378 e. The van der Waals surface area contributed by atoms with E-state index in [0.29, 0.717) is 48.7 Å². The molecule has 4 rings (SSSR count). The van der Waals surface area contributed by atoms with E-state index in [-0.39, 0.29) is 5.91 Å². The summed E-state index contributed by atoms with van der Waals surface area (Å²) in [6, 6.07) is 18.6. The summed E-state index contributed by atoms with van der Waals surface area (Å²) < 4.78 is 5.34. The molecule has 142 valence electrons. The number of carbonyl (C=O) groups excluding carboxylic acids is 1. The SMILES string of the molecule is O=C(c1cc(Nc2cccc(Cl)c2)nc(-c2ccccc2)n1)N1CCOCC1. The number of aromatic nitrogens is 2. The van der Waals surface area contributed by atoms with Crippen molar-refractivity contribution in [3.63, 3.8) is 0 Å². The average molecular weight is 395 g/mol. The van der Waals surface area contributed by atoms with E-state index in [0.717, 1.165) is 11.3 Å². The fraction of sp³-hybridized carbons (Fsp3) is 0.190. The van der Waals surface area contributed by atoms with Crippen molar-refractivity contribution in [3.8, 4) is 11.4 Å². The van der Waals surface area contributed by atoms with Crippen molar-refractivity contribution in [3.05, 3.63) is 71.4 Å². The topological polar surface area (TPSA) is 67.4 Å². The summed E-state index contributed by atoms with van der Waals surface area (Å²) in [6.07, 6.45) is 0. The van der Waals surface area contributed by atoms with Crippen LogP contribution in [0.5, 0.6) is 0 Å². The lowest BCUT2D eigenvalue weighted by molar-refractivity contribution is 0.0299. The molecule has 6 nitrogen and oxygen atoms in total. The molecule has 0 radical (unpaired) electrons. The largest absolute Gasteiger partial charge is 0.378 e. The van der Waals surface area contributed by atoms with Crippen molar-refractivity contribution < 1.29 is 9.53 Å². The van der Waals surface area contributed by atoms with Gasteiger partial charge in [0.15, 0.2) is 5.82 Å². The maximum absolute atomic E-state index is 13.0.